The lowest BCUT2D eigenvalue weighted by Gasteiger charge is -2.21. The monoisotopic (exact) mass is 238 g/mol. The van der Waals surface area contributed by atoms with Crippen molar-refractivity contribution >= 4 is 0 Å². The summed E-state index contributed by atoms with van der Waals surface area (Å²) in [7, 11) is 0. The third-order valence-corrected chi connectivity index (χ3v) is 2.02. The Kier molecular flexibility index (Phi) is 9.80. The third-order valence-electron chi connectivity index (χ3n) is 2.02. The molecule has 98 valence electrons. The van der Waals surface area contributed by atoms with Crippen LogP contribution in [0.4, 0.5) is 0 Å². The Bertz CT molecular complexity index is 154. The third kappa shape index (κ3) is 7.98. The first-order valence-corrected chi connectivity index (χ1v) is 5.48. The first-order chi connectivity index (χ1) is 7.63. The molecular formula is C10H22O6. The van der Waals surface area contributed by atoms with Crippen LogP contribution in [0.25, 0.3) is 0 Å². The van der Waals surface area contributed by atoms with E-state index in [1.165, 1.54) is 0 Å². The second-order valence-corrected chi connectivity index (χ2v) is 3.51. The lowest BCUT2D eigenvalue weighted by atomic mass is 10.2. The van der Waals surface area contributed by atoms with Crippen LogP contribution in [-0.2, 0) is 9.47 Å². The highest BCUT2D eigenvalue weighted by Crippen LogP contribution is 2.08. The van der Waals surface area contributed by atoms with Crippen molar-refractivity contribution in [2.45, 2.75) is 44.9 Å². The highest BCUT2D eigenvalue weighted by atomic mass is 16.7. The Labute approximate surface area is 95.4 Å². The number of rotatable bonds is 10. The van der Waals surface area contributed by atoms with Crippen LogP contribution in [0, 0.1) is 0 Å². The molecule has 0 aromatic heterocycles. The summed E-state index contributed by atoms with van der Waals surface area (Å²) in [6.45, 7) is 1.12. The van der Waals surface area contributed by atoms with E-state index in [2.05, 4.69) is 0 Å². The first kappa shape index (κ1) is 15.8. The minimum atomic E-state index is -1.24. The molecule has 3 unspecified atom stereocenters. The zero-order chi connectivity index (χ0) is 12.4. The van der Waals surface area contributed by atoms with E-state index in [-0.39, 0.29) is 6.61 Å². The zero-order valence-corrected chi connectivity index (χ0v) is 9.58. The molecule has 0 aliphatic heterocycles. The number of aliphatic hydroxyl groups is 4. The molecule has 0 heterocycles. The molecule has 0 rings (SSSR count). The highest BCUT2D eigenvalue weighted by Gasteiger charge is 2.15. The second kappa shape index (κ2) is 9.95. The van der Waals surface area contributed by atoms with Crippen LogP contribution >= 0.6 is 0 Å². The van der Waals surface area contributed by atoms with Gasteiger partial charge in [-0.3, -0.25) is 0 Å². The second-order valence-electron chi connectivity index (χ2n) is 3.51. The molecule has 0 aliphatic carbocycles. The van der Waals surface area contributed by atoms with Crippen molar-refractivity contribution in [2.75, 3.05) is 19.8 Å². The first-order valence-electron chi connectivity index (χ1n) is 5.48. The van der Waals surface area contributed by atoms with Crippen LogP contribution in [-0.4, -0.2) is 58.9 Å². The topological polar surface area (TPSA) is 99.4 Å². The van der Waals surface area contributed by atoms with Gasteiger partial charge in [0.1, 0.15) is 0 Å². The van der Waals surface area contributed by atoms with Gasteiger partial charge in [0.05, 0.1) is 25.9 Å². The van der Waals surface area contributed by atoms with Crippen molar-refractivity contribution in [1.29, 1.82) is 0 Å². The number of ether oxygens (including phenoxy) is 2. The Hall–Kier alpha value is -0.240. The summed E-state index contributed by atoms with van der Waals surface area (Å²) < 4.78 is 9.97. The van der Waals surface area contributed by atoms with Gasteiger partial charge in [-0.2, -0.15) is 0 Å². The predicted molar refractivity (Wildman–Crippen MR) is 56.5 cm³/mol. The van der Waals surface area contributed by atoms with Gasteiger partial charge in [0, 0.05) is 0 Å². The molecule has 0 amide bonds. The van der Waals surface area contributed by atoms with Crippen molar-refractivity contribution in [2.24, 2.45) is 0 Å². The van der Waals surface area contributed by atoms with Crippen LogP contribution in [0.2, 0.25) is 0 Å². The summed E-state index contributed by atoms with van der Waals surface area (Å²) >= 11 is 0. The predicted octanol–water partition coefficient (Wildman–Crippen LogP) is -0.800. The van der Waals surface area contributed by atoms with Gasteiger partial charge in [0.15, 0.2) is 12.6 Å². The fourth-order valence-corrected chi connectivity index (χ4v) is 1.16. The number of aliphatic hydroxyl groups excluding tert-OH is 4. The normalized spacial score (nSPS) is 17.1. The van der Waals surface area contributed by atoms with Crippen LogP contribution in [0.1, 0.15) is 26.2 Å². The molecule has 4 N–H and O–H groups in total. The largest absolute Gasteiger partial charge is 0.391 e. The molecule has 0 aliphatic rings. The fourth-order valence-electron chi connectivity index (χ4n) is 1.16. The van der Waals surface area contributed by atoms with Crippen LogP contribution in [0.15, 0.2) is 0 Å². The molecule has 0 saturated heterocycles. The van der Waals surface area contributed by atoms with E-state index < -0.39 is 31.9 Å². The highest BCUT2D eigenvalue weighted by molar-refractivity contribution is 4.58. The van der Waals surface area contributed by atoms with Crippen molar-refractivity contribution in [3.05, 3.63) is 0 Å². The quantitative estimate of drug-likeness (QED) is 0.372. The standard InChI is InChI=1S/C10H22O6/c1-2-3-4-8(16-10(14)6-12)7-15-9(13)5-11/h8-14H,2-7H2,1H3. The van der Waals surface area contributed by atoms with Gasteiger partial charge < -0.3 is 29.9 Å². The Morgan fingerprint density at radius 1 is 1.06 bits per heavy atom. The molecule has 3 atom stereocenters. The summed E-state index contributed by atoms with van der Waals surface area (Å²) in [6, 6.07) is 0. The average Bonchev–Trinajstić information content (AvgIpc) is 2.31. The maximum atomic E-state index is 9.11. The number of hydrogen-bond donors (Lipinski definition) is 4. The Morgan fingerprint density at radius 2 is 1.69 bits per heavy atom. The summed E-state index contributed by atoms with van der Waals surface area (Å²) in [4.78, 5) is 0. The molecular weight excluding hydrogens is 216 g/mol. The van der Waals surface area contributed by atoms with Gasteiger partial charge in [-0.25, -0.2) is 0 Å². The van der Waals surface area contributed by atoms with E-state index >= 15 is 0 Å². The van der Waals surface area contributed by atoms with Gasteiger partial charge in [0.2, 0.25) is 0 Å². The molecule has 0 fully saturated rings. The molecule has 0 bridgehead atoms. The van der Waals surface area contributed by atoms with Crippen molar-refractivity contribution in [1.82, 2.24) is 0 Å². The molecule has 0 saturated carbocycles. The number of hydrogen-bond acceptors (Lipinski definition) is 6. The van der Waals surface area contributed by atoms with Gasteiger partial charge in [-0.05, 0) is 6.42 Å². The summed E-state index contributed by atoms with van der Waals surface area (Å²) in [5, 5.41) is 35.3. The maximum Gasteiger partial charge on any atom is 0.178 e. The van der Waals surface area contributed by atoms with Gasteiger partial charge in [-0.15, -0.1) is 0 Å². The molecule has 6 heteroatoms. The van der Waals surface area contributed by atoms with E-state index in [0.29, 0.717) is 6.42 Å². The van der Waals surface area contributed by atoms with E-state index in [4.69, 9.17) is 29.9 Å². The molecule has 6 nitrogen and oxygen atoms in total. The summed E-state index contributed by atoms with van der Waals surface area (Å²) in [6.07, 6.45) is -0.357. The average molecular weight is 238 g/mol. The Balaban J connectivity index is 3.89. The lowest BCUT2D eigenvalue weighted by molar-refractivity contribution is -0.197. The summed E-state index contributed by atoms with van der Waals surface area (Å²) in [5.74, 6) is 0. The zero-order valence-electron chi connectivity index (χ0n) is 9.58. The van der Waals surface area contributed by atoms with Crippen LogP contribution in [0.5, 0.6) is 0 Å². The van der Waals surface area contributed by atoms with Crippen LogP contribution in [0.3, 0.4) is 0 Å². The molecule has 0 aromatic rings. The maximum absolute atomic E-state index is 9.11. The van der Waals surface area contributed by atoms with Gasteiger partial charge in [-0.1, -0.05) is 19.8 Å². The van der Waals surface area contributed by atoms with Crippen molar-refractivity contribution in [3.8, 4) is 0 Å². The molecule has 0 spiro atoms. The van der Waals surface area contributed by atoms with Crippen LogP contribution < -0.4 is 0 Å². The smallest absolute Gasteiger partial charge is 0.178 e. The van der Waals surface area contributed by atoms with Gasteiger partial charge >= 0.3 is 0 Å². The fraction of sp³-hybridized carbons (Fsp3) is 1.00. The minimum absolute atomic E-state index is 0.0682. The molecule has 0 aromatic carbocycles. The SMILES string of the molecule is CCCCC(COC(O)CO)OC(O)CO. The lowest BCUT2D eigenvalue weighted by Crippen LogP contribution is -2.31. The van der Waals surface area contributed by atoms with Crippen molar-refractivity contribution < 1.29 is 29.9 Å². The van der Waals surface area contributed by atoms with Crippen molar-refractivity contribution in [3.63, 3.8) is 0 Å². The van der Waals surface area contributed by atoms with E-state index in [9.17, 15) is 0 Å². The minimum Gasteiger partial charge on any atom is -0.391 e. The van der Waals surface area contributed by atoms with E-state index in [1.807, 2.05) is 6.92 Å². The van der Waals surface area contributed by atoms with E-state index in [0.717, 1.165) is 12.8 Å². The number of unbranched alkanes of at least 4 members (excludes halogenated alkanes) is 1. The van der Waals surface area contributed by atoms with E-state index in [1.54, 1.807) is 0 Å². The Morgan fingerprint density at radius 3 is 2.19 bits per heavy atom. The molecule has 0 radical (unpaired) electrons. The van der Waals surface area contributed by atoms with Gasteiger partial charge in [0.25, 0.3) is 0 Å². The molecule has 16 heavy (non-hydrogen) atoms. The summed E-state index contributed by atoms with van der Waals surface area (Å²) in [5.41, 5.74) is 0.